The first kappa shape index (κ1) is 18.8. The van der Waals surface area contributed by atoms with Crippen molar-refractivity contribution in [1.82, 2.24) is 0 Å². The quantitative estimate of drug-likeness (QED) is 0.840. The summed E-state index contributed by atoms with van der Waals surface area (Å²) in [5, 5.41) is 2.50. The molecule has 3 nitrogen and oxygen atoms in total. The maximum absolute atomic E-state index is 12.5. The van der Waals surface area contributed by atoms with Crippen LogP contribution in [-0.2, 0) is 16.4 Å². The standard InChI is InChI=1S/C19H20F3NO2/c1-18(2,3)14-5-4-6-16(11-14)25-12-17(24)23-15-9-7-13(8-10-15)19(20,21)22/h4-11H,12H2,1-3H3,(H,23,24). The maximum Gasteiger partial charge on any atom is 0.416 e. The number of ether oxygens (including phenoxy) is 1. The number of carbonyl (C=O) groups excluding carboxylic acids is 1. The SMILES string of the molecule is CC(C)(C)c1cccc(OCC(=O)Nc2ccc(C(F)(F)F)cc2)c1. The van der Waals surface area contributed by atoms with Gasteiger partial charge in [-0.05, 0) is 47.4 Å². The molecule has 0 unspecified atom stereocenters. The van der Waals surface area contributed by atoms with Crippen LogP contribution in [0.2, 0.25) is 0 Å². The average Bonchev–Trinajstić information content (AvgIpc) is 2.52. The molecule has 0 heterocycles. The second-order valence-corrected chi connectivity index (χ2v) is 6.69. The number of nitrogens with one attached hydrogen (secondary N) is 1. The number of rotatable bonds is 4. The fourth-order valence-corrected chi connectivity index (χ4v) is 2.14. The van der Waals surface area contributed by atoms with Crippen molar-refractivity contribution in [2.24, 2.45) is 0 Å². The minimum atomic E-state index is -4.40. The molecule has 2 aromatic carbocycles. The van der Waals surface area contributed by atoms with Crippen LogP contribution >= 0.6 is 0 Å². The van der Waals surface area contributed by atoms with Gasteiger partial charge in [0.1, 0.15) is 5.75 Å². The van der Waals surface area contributed by atoms with Crippen molar-refractivity contribution in [3.8, 4) is 5.75 Å². The lowest BCUT2D eigenvalue weighted by atomic mass is 9.87. The van der Waals surface area contributed by atoms with E-state index in [1.165, 1.54) is 12.1 Å². The van der Waals surface area contributed by atoms with Crippen LogP contribution in [0, 0.1) is 0 Å². The molecule has 0 atom stereocenters. The van der Waals surface area contributed by atoms with Crippen molar-refractivity contribution in [2.45, 2.75) is 32.4 Å². The zero-order valence-electron chi connectivity index (χ0n) is 14.3. The smallest absolute Gasteiger partial charge is 0.416 e. The molecule has 2 rings (SSSR count). The minimum Gasteiger partial charge on any atom is -0.484 e. The van der Waals surface area contributed by atoms with Gasteiger partial charge in [-0.3, -0.25) is 4.79 Å². The second kappa shape index (κ2) is 7.17. The van der Waals surface area contributed by atoms with Gasteiger partial charge in [-0.25, -0.2) is 0 Å². The Labute approximate surface area is 144 Å². The summed E-state index contributed by atoms with van der Waals surface area (Å²) in [5.74, 6) is 0.121. The third kappa shape index (κ3) is 5.52. The van der Waals surface area contributed by atoms with Crippen LogP contribution < -0.4 is 10.1 Å². The first-order valence-corrected chi connectivity index (χ1v) is 7.76. The van der Waals surface area contributed by atoms with Crippen molar-refractivity contribution >= 4 is 11.6 Å². The highest BCUT2D eigenvalue weighted by Crippen LogP contribution is 2.30. The van der Waals surface area contributed by atoms with Gasteiger partial charge in [0.25, 0.3) is 5.91 Å². The molecule has 2 aromatic rings. The van der Waals surface area contributed by atoms with Gasteiger partial charge in [-0.2, -0.15) is 13.2 Å². The van der Waals surface area contributed by atoms with Gasteiger partial charge >= 0.3 is 6.18 Å². The van der Waals surface area contributed by atoms with E-state index in [0.29, 0.717) is 5.75 Å². The molecule has 0 saturated carbocycles. The van der Waals surface area contributed by atoms with Crippen molar-refractivity contribution in [3.05, 3.63) is 59.7 Å². The van der Waals surface area contributed by atoms with Crippen LogP contribution in [0.25, 0.3) is 0 Å². The van der Waals surface area contributed by atoms with E-state index in [2.05, 4.69) is 26.1 Å². The van der Waals surface area contributed by atoms with Crippen LogP contribution in [-0.4, -0.2) is 12.5 Å². The number of amides is 1. The highest BCUT2D eigenvalue weighted by atomic mass is 19.4. The summed E-state index contributed by atoms with van der Waals surface area (Å²) in [4.78, 5) is 11.9. The third-order valence-electron chi connectivity index (χ3n) is 3.57. The molecule has 0 bridgehead atoms. The van der Waals surface area contributed by atoms with E-state index in [-0.39, 0.29) is 17.7 Å². The first-order valence-electron chi connectivity index (χ1n) is 7.76. The molecular formula is C19H20F3NO2. The van der Waals surface area contributed by atoms with Crippen molar-refractivity contribution in [3.63, 3.8) is 0 Å². The van der Waals surface area contributed by atoms with Crippen molar-refractivity contribution < 1.29 is 22.7 Å². The van der Waals surface area contributed by atoms with Crippen LogP contribution in [0.15, 0.2) is 48.5 Å². The number of benzene rings is 2. The lowest BCUT2D eigenvalue weighted by Crippen LogP contribution is -2.20. The highest BCUT2D eigenvalue weighted by Gasteiger charge is 2.29. The fourth-order valence-electron chi connectivity index (χ4n) is 2.14. The van der Waals surface area contributed by atoms with E-state index >= 15 is 0 Å². The number of carbonyl (C=O) groups is 1. The van der Waals surface area contributed by atoms with E-state index in [4.69, 9.17) is 4.74 Å². The molecular weight excluding hydrogens is 331 g/mol. The molecule has 0 fully saturated rings. The number of alkyl halides is 3. The monoisotopic (exact) mass is 351 g/mol. The van der Waals surface area contributed by atoms with Gasteiger partial charge in [-0.15, -0.1) is 0 Å². The Morgan fingerprint density at radius 2 is 1.64 bits per heavy atom. The van der Waals surface area contributed by atoms with E-state index in [1.54, 1.807) is 6.07 Å². The average molecular weight is 351 g/mol. The Bertz CT molecular complexity index is 732. The fraction of sp³-hybridized carbons (Fsp3) is 0.316. The number of hydrogen-bond acceptors (Lipinski definition) is 2. The first-order chi connectivity index (χ1) is 11.6. The molecule has 1 amide bonds. The highest BCUT2D eigenvalue weighted by molar-refractivity contribution is 5.91. The number of halogens is 3. The van der Waals surface area contributed by atoms with Crippen LogP contribution in [0.3, 0.4) is 0 Å². The minimum absolute atomic E-state index is 0.0398. The third-order valence-corrected chi connectivity index (χ3v) is 3.57. The second-order valence-electron chi connectivity index (χ2n) is 6.69. The number of hydrogen-bond donors (Lipinski definition) is 1. The molecule has 1 N–H and O–H groups in total. The molecule has 134 valence electrons. The summed E-state index contributed by atoms with van der Waals surface area (Å²) in [7, 11) is 0. The van der Waals surface area contributed by atoms with Crippen LogP contribution in [0.4, 0.5) is 18.9 Å². The van der Waals surface area contributed by atoms with Crippen LogP contribution in [0.1, 0.15) is 31.9 Å². The molecule has 0 aliphatic rings. The Balaban J connectivity index is 1.93. The Morgan fingerprint density at radius 3 is 2.20 bits per heavy atom. The summed E-state index contributed by atoms with van der Waals surface area (Å²) in [5.41, 5.74) is 0.556. The molecule has 0 spiro atoms. The predicted octanol–water partition coefficient (Wildman–Crippen LogP) is 5.02. The molecule has 0 aromatic heterocycles. The predicted molar refractivity (Wildman–Crippen MR) is 90.7 cm³/mol. The Morgan fingerprint density at radius 1 is 1.00 bits per heavy atom. The van der Waals surface area contributed by atoms with Gasteiger partial charge in [0.15, 0.2) is 6.61 Å². The van der Waals surface area contributed by atoms with Gasteiger partial charge in [0.2, 0.25) is 0 Å². The van der Waals surface area contributed by atoms with Gasteiger partial charge < -0.3 is 10.1 Å². The van der Waals surface area contributed by atoms with Gasteiger partial charge in [0.05, 0.1) is 5.56 Å². The van der Waals surface area contributed by atoms with Crippen molar-refractivity contribution in [1.29, 1.82) is 0 Å². The van der Waals surface area contributed by atoms with Crippen molar-refractivity contribution in [2.75, 3.05) is 11.9 Å². The van der Waals surface area contributed by atoms with E-state index in [9.17, 15) is 18.0 Å². The van der Waals surface area contributed by atoms with Gasteiger partial charge in [-0.1, -0.05) is 32.9 Å². The topological polar surface area (TPSA) is 38.3 Å². The Kier molecular flexibility index (Phi) is 5.40. The van der Waals surface area contributed by atoms with E-state index in [1.807, 2.05) is 18.2 Å². The summed E-state index contributed by atoms with van der Waals surface area (Å²) in [6, 6.07) is 11.7. The van der Waals surface area contributed by atoms with E-state index in [0.717, 1.165) is 17.7 Å². The molecule has 25 heavy (non-hydrogen) atoms. The molecule has 0 aliphatic carbocycles. The molecule has 0 aliphatic heterocycles. The summed E-state index contributed by atoms with van der Waals surface area (Å²) in [6.07, 6.45) is -4.40. The molecule has 6 heteroatoms. The normalized spacial score (nSPS) is 11.9. The largest absolute Gasteiger partial charge is 0.484 e. The molecule has 0 radical (unpaired) electrons. The van der Waals surface area contributed by atoms with Crippen LogP contribution in [0.5, 0.6) is 5.75 Å². The lowest BCUT2D eigenvalue weighted by molar-refractivity contribution is -0.137. The summed E-state index contributed by atoms with van der Waals surface area (Å²) >= 11 is 0. The van der Waals surface area contributed by atoms with Gasteiger partial charge in [0, 0.05) is 5.69 Å². The summed E-state index contributed by atoms with van der Waals surface area (Å²) < 4.78 is 43.0. The summed E-state index contributed by atoms with van der Waals surface area (Å²) in [6.45, 7) is 5.99. The molecule has 0 saturated heterocycles. The number of anilines is 1. The Hall–Kier alpha value is -2.50. The zero-order valence-corrected chi connectivity index (χ0v) is 14.3. The zero-order chi connectivity index (χ0) is 18.7. The lowest BCUT2D eigenvalue weighted by Gasteiger charge is -2.19. The maximum atomic E-state index is 12.5. The van der Waals surface area contributed by atoms with E-state index < -0.39 is 17.6 Å².